The zero-order chi connectivity index (χ0) is 11.2. The molecule has 80 valence electrons. The number of hydrogen-bond acceptors (Lipinski definition) is 2. The molecule has 2 N–H and O–H groups in total. The number of aromatic hydroxyl groups is 1. The summed E-state index contributed by atoms with van der Waals surface area (Å²) in [5.41, 5.74) is -1.27. The quantitative estimate of drug-likeness (QED) is 0.789. The fourth-order valence-electron chi connectivity index (χ4n) is 1.65. The average Bonchev–Trinajstić information content (AvgIpc) is 2.95. The van der Waals surface area contributed by atoms with Gasteiger partial charge >= 0.3 is 5.97 Å². The van der Waals surface area contributed by atoms with E-state index in [1.807, 2.05) is 0 Å². The number of carbonyl (C=O) groups is 1. The number of phenolic OH excluding ortho intramolecular Hbond substituents is 1. The molecular formula is C10H8F2O3. The van der Waals surface area contributed by atoms with Crippen molar-refractivity contribution in [2.75, 3.05) is 0 Å². The lowest BCUT2D eigenvalue weighted by Crippen LogP contribution is -2.20. The van der Waals surface area contributed by atoms with E-state index in [1.54, 1.807) is 0 Å². The lowest BCUT2D eigenvalue weighted by Gasteiger charge is -2.12. The fourth-order valence-corrected chi connectivity index (χ4v) is 1.65. The van der Waals surface area contributed by atoms with Crippen LogP contribution >= 0.6 is 0 Å². The Bertz CT molecular complexity index is 439. The van der Waals surface area contributed by atoms with Gasteiger partial charge in [0, 0.05) is 5.56 Å². The molecule has 0 amide bonds. The third kappa shape index (κ3) is 1.26. The summed E-state index contributed by atoms with van der Waals surface area (Å²) in [4.78, 5) is 10.9. The molecule has 0 unspecified atom stereocenters. The monoisotopic (exact) mass is 214 g/mol. The Morgan fingerprint density at radius 1 is 1.33 bits per heavy atom. The molecule has 0 atom stereocenters. The van der Waals surface area contributed by atoms with Crippen molar-refractivity contribution in [1.82, 2.24) is 0 Å². The van der Waals surface area contributed by atoms with E-state index in [0.717, 1.165) is 12.1 Å². The molecular weight excluding hydrogens is 206 g/mol. The first-order chi connectivity index (χ1) is 6.99. The van der Waals surface area contributed by atoms with Crippen molar-refractivity contribution in [1.29, 1.82) is 0 Å². The summed E-state index contributed by atoms with van der Waals surface area (Å²) in [5.74, 6) is -4.59. The maximum absolute atomic E-state index is 13.0. The summed E-state index contributed by atoms with van der Waals surface area (Å²) in [6.45, 7) is 0. The molecule has 0 aliphatic heterocycles. The zero-order valence-corrected chi connectivity index (χ0v) is 7.63. The second kappa shape index (κ2) is 2.92. The molecule has 2 rings (SSSR count). The van der Waals surface area contributed by atoms with E-state index >= 15 is 0 Å². The summed E-state index contributed by atoms with van der Waals surface area (Å²) < 4.78 is 25.7. The molecule has 1 aromatic carbocycles. The Labute approximate surface area is 84.0 Å². The molecule has 1 aliphatic carbocycles. The number of carboxylic acids is 1. The maximum atomic E-state index is 13.0. The van der Waals surface area contributed by atoms with Gasteiger partial charge in [-0.05, 0) is 18.9 Å². The van der Waals surface area contributed by atoms with Crippen LogP contribution in [0.1, 0.15) is 18.4 Å². The van der Waals surface area contributed by atoms with Crippen LogP contribution in [-0.4, -0.2) is 16.2 Å². The van der Waals surface area contributed by atoms with Crippen LogP contribution in [0.4, 0.5) is 8.78 Å². The summed E-state index contributed by atoms with van der Waals surface area (Å²) in [6, 6.07) is 1.95. The minimum absolute atomic E-state index is 0.0473. The Hall–Kier alpha value is -1.65. The maximum Gasteiger partial charge on any atom is 0.314 e. The van der Waals surface area contributed by atoms with Gasteiger partial charge in [-0.2, -0.15) is 4.39 Å². The van der Waals surface area contributed by atoms with Gasteiger partial charge in [-0.1, -0.05) is 6.07 Å². The first kappa shape index (κ1) is 9.89. The van der Waals surface area contributed by atoms with Crippen LogP contribution in [0.3, 0.4) is 0 Å². The van der Waals surface area contributed by atoms with Gasteiger partial charge in [-0.3, -0.25) is 4.79 Å². The molecule has 0 spiro atoms. The number of halogens is 2. The summed E-state index contributed by atoms with van der Waals surface area (Å²) in [5, 5.41) is 18.2. The van der Waals surface area contributed by atoms with Crippen LogP contribution in [0.25, 0.3) is 0 Å². The predicted molar refractivity (Wildman–Crippen MR) is 46.6 cm³/mol. The largest absolute Gasteiger partial charge is 0.505 e. The highest BCUT2D eigenvalue weighted by molar-refractivity contribution is 5.85. The second-order valence-corrected chi connectivity index (χ2v) is 3.64. The molecule has 1 aromatic rings. The predicted octanol–water partition coefficient (Wildman–Crippen LogP) is 1.79. The van der Waals surface area contributed by atoms with Gasteiger partial charge in [-0.25, -0.2) is 4.39 Å². The summed E-state index contributed by atoms with van der Waals surface area (Å²) in [6.07, 6.45) is 0.669. The van der Waals surface area contributed by atoms with Crippen molar-refractivity contribution < 1.29 is 23.8 Å². The highest BCUT2D eigenvalue weighted by atomic mass is 19.2. The molecule has 3 nitrogen and oxygen atoms in total. The SMILES string of the molecule is O=C(O)C1(c2ccc(F)c(F)c2O)CC1. The smallest absolute Gasteiger partial charge is 0.314 e. The van der Waals surface area contributed by atoms with E-state index in [9.17, 15) is 18.7 Å². The minimum Gasteiger partial charge on any atom is -0.505 e. The third-order valence-corrected chi connectivity index (χ3v) is 2.74. The van der Waals surface area contributed by atoms with Gasteiger partial charge in [0.25, 0.3) is 0 Å². The number of hydrogen-bond donors (Lipinski definition) is 2. The Balaban J connectivity index is 2.55. The number of benzene rings is 1. The van der Waals surface area contributed by atoms with E-state index in [4.69, 9.17) is 5.11 Å². The first-order valence-corrected chi connectivity index (χ1v) is 4.40. The van der Waals surface area contributed by atoms with Crippen molar-refractivity contribution in [3.63, 3.8) is 0 Å². The lowest BCUT2D eigenvalue weighted by molar-refractivity contribution is -0.140. The van der Waals surface area contributed by atoms with Crippen LogP contribution in [0, 0.1) is 11.6 Å². The van der Waals surface area contributed by atoms with Crippen molar-refractivity contribution in [2.45, 2.75) is 18.3 Å². The second-order valence-electron chi connectivity index (χ2n) is 3.64. The molecule has 5 heteroatoms. The van der Waals surface area contributed by atoms with Crippen molar-refractivity contribution in [2.24, 2.45) is 0 Å². The number of aliphatic carboxylic acids is 1. The first-order valence-electron chi connectivity index (χ1n) is 4.40. The number of phenols is 1. The highest BCUT2D eigenvalue weighted by Gasteiger charge is 2.53. The van der Waals surface area contributed by atoms with Gasteiger partial charge in [0.2, 0.25) is 5.82 Å². The number of carboxylic acid groups (broad SMARTS) is 1. The van der Waals surface area contributed by atoms with Crippen molar-refractivity contribution >= 4 is 5.97 Å². The van der Waals surface area contributed by atoms with Crippen LogP contribution < -0.4 is 0 Å². The van der Waals surface area contributed by atoms with E-state index in [-0.39, 0.29) is 5.56 Å². The van der Waals surface area contributed by atoms with Crippen LogP contribution in [0.15, 0.2) is 12.1 Å². The zero-order valence-electron chi connectivity index (χ0n) is 7.63. The van der Waals surface area contributed by atoms with Crippen molar-refractivity contribution in [3.05, 3.63) is 29.3 Å². The molecule has 15 heavy (non-hydrogen) atoms. The van der Waals surface area contributed by atoms with Crippen LogP contribution in [0.2, 0.25) is 0 Å². The van der Waals surface area contributed by atoms with Gasteiger partial charge in [-0.15, -0.1) is 0 Å². The highest BCUT2D eigenvalue weighted by Crippen LogP contribution is 2.51. The molecule has 0 heterocycles. The van der Waals surface area contributed by atoms with E-state index in [2.05, 4.69) is 0 Å². The Morgan fingerprint density at radius 3 is 2.40 bits per heavy atom. The molecule has 1 saturated carbocycles. The van der Waals surface area contributed by atoms with Gasteiger partial charge in [0.05, 0.1) is 5.41 Å². The summed E-state index contributed by atoms with van der Waals surface area (Å²) in [7, 11) is 0. The lowest BCUT2D eigenvalue weighted by atomic mass is 9.95. The minimum atomic E-state index is -1.39. The van der Waals surface area contributed by atoms with Gasteiger partial charge < -0.3 is 10.2 Å². The van der Waals surface area contributed by atoms with E-state index in [0.29, 0.717) is 12.8 Å². The third-order valence-electron chi connectivity index (χ3n) is 2.74. The topological polar surface area (TPSA) is 57.5 Å². The normalized spacial score (nSPS) is 17.5. The Kier molecular flexibility index (Phi) is 1.92. The van der Waals surface area contributed by atoms with Gasteiger partial charge in [0.1, 0.15) is 0 Å². The fraction of sp³-hybridized carbons (Fsp3) is 0.300. The molecule has 0 aromatic heterocycles. The molecule has 1 aliphatic rings. The van der Waals surface area contributed by atoms with Gasteiger partial charge in [0.15, 0.2) is 11.6 Å². The van der Waals surface area contributed by atoms with E-state index < -0.39 is 28.8 Å². The molecule has 1 fully saturated rings. The standard InChI is InChI=1S/C10H8F2O3/c11-6-2-1-5(8(13)7(6)12)10(3-4-10)9(14)15/h1-2,13H,3-4H2,(H,14,15). The number of rotatable bonds is 2. The summed E-state index contributed by atoms with van der Waals surface area (Å²) >= 11 is 0. The van der Waals surface area contributed by atoms with Crippen LogP contribution in [-0.2, 0) is 10.2 Å². The van der Waals surface area contributed by atoms with Crippen LogP contribution in [0.5, 0.6) is 5.75 Å². The van der Waals surface area contributed by atoms with Crippen molar-refractivity contribution in [3.8, 4) is 5.75 Å². The molecule has 0 bridgehead atoms. The van der Waals surface area contributed by atoms with E-state index in [1.165, 1.54) is 0 Å². The Morgan fingerprint density at radius 2 is 1.93 bits per heavy atom. The average molecular weight is 214 g/mol. The molecule has 0 radical (unpaired) electrons. The molecule has 0 saturated heterocycles.